The predicted molar refractivity (Wildman–Crippen MR) is 95.9 cm³/mol. The van der Waals surface area contributed by atoms with Crippen molar-refractivity contribution < 1.29 is 4.74 Å². The summed E-state index contributed by atoms with van der Waals surface area (Å²) in [4.78, 5) is 16.6. The van der Waals surface area contributed by atoms with Gasteiger partial charge in [-0.05, 0) is 51.8 Å². The van der Waals surface area contributed by atoms with Crippen LogP contribution in [0.4, 0.5) is 0 Å². The molecule has 116 valence electrons. The van der Waals surface area contributed by atoms with Crippen LogP contribution in [-0.4, -0.2) is 16.5 Å². The molecule has 0 spiro atoms. The van der Waals surface area contributed by atoms with E-state index in [4.69, 9.17) is 16.3 Å². The largest absolute Gasteiger partial charge is 0.497 e. The molecule has 4 nitrogen and oxygen atoms in total. The molecule has 0 aliphatic carbocycles. The quantitative estimate of drug-likeness (QED) is 0.672. The van der Waals surface area contributed by atoms with Gasteiger partial charge < -0.3 is 4.74 Å². The molecule has 0 amide bonds. The van der Waals surface area contributed by atoms with E-state index in [0.29, 0.717) is 16.4 Å². The number of ether oxygens (including phenoxy) is 1. The normalized spacial score (nSPS) is 11.7. The molecule has 0 aliphatic rings. The maximum Gasteiger partial charge on any atom is 0.258 e. The van der Waals surface area contributed by atoms with Gasteiger partial charge in [-0.15, -0.1) is 0 Å². The smallest absolute Gasteiger partial charge is 0.258 e. The van der Waals surface area contributed by atoms with Gasteiger partial charge in [-0.3, -0.25) is 9.20 Å². The lowest BCUT2D eigenvalue weighted by molar-refractivity contribution is 0.414. The zero-order valence-corrected chi connectivity index (χ0v) is 14.5. The van der Waals surface area contributed by atoms with Crippen molar-refractivity contribution in [3.05, 3.63) is 74.7 Å². The van der Waals surface area contributed by atoms with E-state index in [2.05, 4.69) is 20.9 Å². The molecule has 0 saturated heterocycles. The first-order valence-corrected chi connectivity index (χ1v) is 7.94. The summed E-state index contributed by atoms with van der Waals surface area (Å²) in [7, 11) is 1.61. The maximum atomic E-state index is 12.2. The first-order chi connectivity index (χ1) is 11.1. The Labute approximate surface area is 146 Å². The molecule has 0 atom stereocenters. The van der Waals surface area contributed by atoms with Gasteiger partial charge in [0, 0.05) is 16.7 Å². The lowest BCUT2D eigenvalue weighted by Crippen LogP contribution is -2.14. The lowest BCUT2D eigenvalue weighted by atomic mass is 10.2. The van der Waals surface area contributed by atoms with Crippen LogP contribution in [0.3, 0.4) is 0 Å². The van der Waals surface area contributed by atoms with Gasteiger partial charge in [0.25, 0.3) is 5.56 Å². The van der Waals surface area contributed by atoms with Gasteiger partial charge in [-0.25, -0.2) is 4.98 Å². The van der Waals surface area contributed by atoms with Crippen LogP contribution >= 0.6 is 27.5 Å². The molecule has 0 radical (unpaired) electrons. The van der Waals surface area contributed by atoms with E-state index in [1.165, 1.54) is 10.5 Å². The van der Waals surface area contributed by atoms with E-state index in [1.54, 1.807) is 25.4 Å². The molecule has 2 heterocycles. The fourth-order valence-electron chi connectivity index (χ4n) is 2.15. The molecule has 0 aliphatic heterocycles. The number of rotatable bonds is 3. The fraction of sp³-hybridized carbons (Fsp3) is 0.0588. The molecule has 6 heteroatoms. The predicted octanol–water partition coefficient (Wildman–Crippen LogP) is 4.20. The van der Waals surface area contributed by atoms with Gasteiger partial charge in [0.05, 0.1) is 17.8 Å². The van der Waals surface area contributed by atoms with Crippen LogP contribution in [0.25, 0.3) is 16.8 Å². The molecule has 23 heavy (non-hydrogen) atoms. The van der Waals surface area contributed by atoms with Crippen LogP contribution in [0, 0.1) is 0 Å². The maximum absolute atomic E-state index is 12.2. The minimum Gasteiger partial charge on any atom is -0.497 e. The Morgan fingerprint density at radius 2 is 2.13 bits per heavy atom. The van der Waals surface area contributed by atoms with E-state index < -0.39 is 0 Å². The second-order valence-corrected chi connectivity index (χ2v) is 6.15. The van der Waals surface area contributed by atoms with Crippen molar-refractivity contribution in [1.82, 2.24) is 9.38 Å². The molecule has 2 aromatic heterocycles. The molecule has 3 aromatic rings. The highest BCUT2D eigenvalue weighted by Crippen LogP contribution is 2.22. The Kier molecular flexibility index (Phi) is 4.50. The van der Waals surface area contributed by atoms with Crippen molar-refractivity contribution in [2.45, 2.75) is 0 Å². The summed E-state index contributed by atoms with van der Waals surface area (Å²) in [5.74, 6) is 0.736. The van der Waals surface area contributed by atoms with Crippen molar-refractivity contribution in [2.24, 2.45) is 0 Å². The van der Waals surface area contributed by atoms with Crippen molar-refractivity contribution in [3.63, 3.8) is 0 Å². The summed E-state index contributed by atoms with van der Waals surface area (Å²) < 4.78 is 7.45. The Hall–Kier alpha value is -2.11. The third-order valence-electron chi connectivity index (χ3n) is 3.26. The van der Waals surface area contributed by atoms with E-state index in [9.17, 15) is 4.79 Å². The van der Waals surface area contributed by atoms with Gasteiger partial charge in [0.15, 0.2) is 0 Å². The number of methoxy groups -OCH3 is 1. The summed E-state index contributed by atoms with van der Waals surface area (Å²) in [5, 5.41) is 0.390. The first-order valence-electron chi connectivity index (χ1n) is 6.77. The SMILES string of the molecule is COc1cccc(/C=C(\Cl)c2cc(=O)n3cc(Br)ccc3n2)c1. The van der Waals surface area contributed by atoms with E-state index in [-0.39, 0.29) is 5.56 Å². The molecule has 0 fully saturated rings. The molecule has 1 aromatic carbocycles. The topological polar surface area (TPSA) is 43.6 Å². The van der Waals surface area contributed by atoms with E-state index >= 15 is 0 Å². The highest BCUT2D eigenvalue weighted by Gasteiger charge is 2.06. The molecule has 3 rings (SSSR count). The van der Waals surface area contributed by atoms with Crippen LogP contribution in [0.15, 0.2) is 57.9 Å². The van der Waals surface area contributed by atoms with E-state index in [1.807, 2.05) is 30.3 Å². The number of pyridine rings is 1. The summed E-state index contributed by atoms with van der Waals surface area (Å²) >= 11 is 9.68. The molecule has 0 bridgehead atoms. The molecule has 0 unspecified atom stereocenters. The van der Waals surface area contributed by atoms with Crippen molar-refractivity contribution in [2.75, 3.05) is 7.11 Å². The Balaban J connectivity index is 2.06. The van der Waals surface area contributed by atoms with Crippen molar-refractivity contribution in [3.8, 4) is 5.75 Å². The van der Waals surface area contributed by atoms with Gasteiger partial charge in [0.1, 0.15) is 11.4 Å². The van der Waals surface area contributed by atoms with E-state index in [0.717, 1.165) is 15.8 Å². The number of nitrogens with zero attached hydrogens (tertiary/aromatic N) is 2. The second-order valence-electron chi connectivity index (χ2n) is 4.82. The standard InChI is InChI=1S/C17H12BrClN2O2/c1-23-13-4-2-3-11(7-13)8-14(19)15-9-17(22)21-10-12(18)5-6-16(21)20-15/h2-10H,1H3/b14-8-. The average Bonchev–Trinajstić information content (AvgIpc) is 2.55. The minimum atomic E-state index is -0.191. The van der Waals surface area contributed by atoms with Gasteiger partial charge in [-0.1, -0.05) is 23.7 Å². The third kappa shape index (κ3) is 3.46. The lowest BCUT2D eigenvalue weighted by Gasteiger charge is -2.05. The van der Waals surface area contributed by atoms with Crippen LogP contribution in [0.5, 0.6) is 5.75 Å². The molecular formula is C17H12BrClN2O2. The van der Waals surface area contributed by atoms with Crippen LogP contribution < -0.4 is 10.3 Å². The minimum absolute atomic E-state index is 0.191. The zero-order chi connectivity index (χ0) is 16.4. The molecular weight excluding hydrogens is 380 g/mol. The Bertz CT molecular complexity index is 966. The van der Waals surface area contributed by atoms with Crippen LogP contribution in [-0.2, 0) is 0 Å². The van der Waals surface area contributed by atoms with Gasteiger partial charge >= 0.3 is 0 Å². The van der Waals surface area contributed by atoms with Gasteiger partial charge in [0.2, 0.25) is 0 Å². The fourth-order valence-corrected chi connectivity index (χ4v) is 2.71. The number of hydrogen-bond acceptors (Lipinski definition) is 3. The number of benzene rings is 1. The number of aromatic nitrogens is 2. The average molecular weight is 392 g/mol. The van der Waals surface area contributed by atoms with Crippen LogP contribution in [0.2, 0.25) is 0 Å². The van der Waals surface area contributed by atoms with Crippen molar-refractivity contribution in [1.29, 1.82) is 0 Å². The molecule has 0 saturated carbocycles. The third-order valence-corrected chi connectivity index (χ3v) is 4.03. The highest BCUT2D eigenvalue weighted by molar-refractivity contribution is 9.10. The summed E-state index contributed by atoms with van der Waals surface area (Å²) in [6, 6.07) is 12.5. The monoisotopic (exact) mass is 390 g/mol. The summed E-state index contributed by atoms with van der Waals surface area (Å²) in [6.07, 6.45) is 3.43. The number of hydrogen-bond donors (Lipinski definition) is 0. The highest BCUT2D eigenvalue weighted by atomic mass is 79.9. The van der Waals surface area contributed by atoms with Crippen molar-refractivity contribution >= 4 is 44.3 Å². The summed E-state index contributed by atoms with van der Waals surface area (Å²) in [5.41, 5.74) is 1.64. The zero-order valence-electron chi connectivity index (χ0n) is 12.2. The van der Waals surface area contributed by atoms with Crippen LogP contribution in [0.1, 0.15) is 11.3 Å². The Morgan fingerprint density at radius 1 is 1.30 bits per heavy atom. The first kappa shape index (κ1) is 15.8. The number of fused-ring (bicyclic) bond motifs is 1. The van der Waals surface area contributed by atoms with Gasteiger partial charge in [-0.2, -0.15) is 0 Å². The molecule has 0 N–H and O–H groups in total. The summed E-state index contributed by atoms with van der Waals surface area (Å²) in [6.45, 7) is 0. The number of halogens is 2. The second kappa shape index (κ2) is 6.56. The Morgan fingerprint density at radius 3 is 2.91 bits per heavy atom.